The number of hydrogen-bond donors (Lipinski definition) is 1. The minimum atomic E-state index is -0.289. The van der Waals surface area contributed by atoms with Gasteiger partial charge in [0, 0.05) is 25.1 Å². The molecule has 19 heavy (non-hydrogen) atoms. The Balaban J connectivity index is 1.93. The van der Waals surface area contributed by atoms with Gasteiger partial charge in [-0.1, -0.05) is 0 Å². The molecule has 6 nitrogen and oxygen atoms in total. The average molecular weight is 261 g/mol. The van der Waals surface area contributed by atoms with Crippen LogP contribution >= 0.6 is 0 Å². The standard InChI is InChI=1S/C13H15N3O3/c1-18-9-10-19-15-13(17)11-3-5-12(6-4-11)16-8-2-7-14-16/h2-8H,9-10H2,1H3,(H,15,17). The Bertz CT molecular complexity index is 508. The van der Waals surface area contributed by atoms with E-state index in [-0.39, 0.29) is 5.91 Å². The fourth-order valence-electron chi connectivity index (χ4n) is 1.49. The lowest BCUT2D eigenvalue weighted by Crippen LogP contribution is -2.25. The molecule has 0 aliphatic rings. The number of methoxy groups -OCH3 is 1. The number of rotatable bonds is 6. The van der Waals surface area contributed by atoms with E-state index in [4.69, 9.17) is 9.57 Å². The van der Waals surface area contributed by atoms with E-state index in [1.807, 2.05) is 24.4 Å². The van der Waals surface area contributed by atoms with Crippen molar-refractivity contribution in [3.63, 3.8) is 0 Å². The number of hydroxylamine groups is 1. The first kappa shape index (κ1) is 13.3. The van der Waals surface area contributed by atoms with E-state index in [9.17, 15) is 4.79 Å². The Morgan fingerprint density at radius 3 is 2.74 bits per heavy atom. The SMILES string of the molecule is COCCONC(=O)c1ccc(-n2cccn2)cc1. The molecule has 0 saturated carbocycles. The lowest BCUT2D eigenvalue weighted by atomic mass is 10.2. The summed E-state index contributed by atoms with van der Waals surface area (Å²) < 4.78 is 6.52. The minimum absolute atomic E-state index is 0.289. The van der Waals surface area contributed by atoms with Crippen LogP contribution in [-0.2, 0) is 9.57 Å². The number of benzene rings is 1. The maximum atomic E-state index is 11.7. The van der Waals surface area contributed by atoms with Crippen LogP contribution in [0.2, 0.25) is 0 Å². The molecule has 1 heterocycles. The Morgan fingerprint density at radius 2 is 2.11 bits per heavy atom. The molecule has 6 heteroatoms. The van der Waals surface area contributed by atoms with Crippen LogP contribution in [0.15, 0.2) is 42.7 Å². The van der Waals surface area contributed by atoms with Gasteiger partial charge in [0.05, 0.1) is 18.9 Å². The van der Waals surface area contributed by atoms with Gasteiger partial charge in [-0.25, -0.2) is 10.2 Å². The summed E-state index contributed by atoms with van der Waals surface area (Å²) in [6, 6.07) is 8.90. The highest BCUT2D eigenvalue weighted by molar-refractivity contribution is 5.93. The zero-order valence-corrected chi connectivity index (χ0v) is 10.6. The van der Waals surface area contributed by atoms with Crippen molar-refractivity contribution in [2.45, 2.75) is 0 Å². The van der Waals surface area contributed by atoms with Gasteiger partial charge in [0.2, 0.25) is 0 Å². The number of carbonyl (C=O) groups is 1. The van der Waals surface area contributed by atoms with E-state index in [0.717, 1.165) is 5.69 Å². The molecule has 0 saturated heterocycles. The monoisotopic (exact) mass is 261 g/mol. The van der Waals surface area contributed by atoms with E-state index in [1.54, 1.807) is 30.1 Å². The zero-order valence-electron chi connectivity index (χ0n) is 10.6. The predicted octanol–water partition coefficient (Wildman–Crippen LogP) is 1.18. The van der Waals surface area contributed by atoms with Crippen molar-refractivity contribution in [2.24, 2.45) is 0 Å². The molecule has 0 fully saturated rings. The molecule has 0 aliphatic carbocycles. The van der Waals surface area contributed by atoms with Gasteiger partial charge in [-0.05, 0) is 30.3 Å². The molecule has 2 rings (SSSR count). The van der Waals surface area contributed by atoms with Crippen molar-refractivity contribution in [1.29, 1.82) is 0 Å². The second kappa shape index (κ2) is 6.67. The third-order valence-corrected chi connectivity index (χ3v) is 2.45. The molecule has 1 aromatic heterocycles. The van der Waals surface area contributed by atoms with Crippen LogP contribution in [0.3, 0.4) is 0 Å². The Kier molecular flexibility index (Phi) is 4.66. The van der Waals surface area contributed by atoms with E-state index in [1.165, 1.54) is 0 Å². The average Bonchev–Trinajstić information content (AvgIpc) is 2.98. The lowest BCUT2D eigenvalue weighted by Gasteiger charge is -2.06. The molecule has 0 radical (unpaired) electrons. The van der Waals surface area contributed by atoms with Gasteiger partial charge in [0.15, 0.2) is 0 Å². The van der Waals surface area contributed by atoms with Crippen LogP contribution in [0.5, 0.6) is 0 Å². The van der Waals surface area contributed by atoms with Crippen LogP contribution in [0.1, 0.15) is 10.4 Å². The molecule has 0 spiro atoms. The molecular weight excluding hydrogens is 246 g/mol. The first-order chi connectivity index (χ1) is 9.31. The quantitative estimate of drug-likeness (QED) is 0.626. The molecule has 2 aromatic rings. The van der Waals surface area contributed by atoms with Crippen LogP contribution < -0.4 is 5.48 Å². The highest BCUT2D eigenvalue weighted by atomic mass is 16.7. The van der Waals surface area contributed by atoms with Gasteiger partial charge >= 0.3 is 0 Å². The van der Waals surface area contributed by atoms with Crippen molar-refractivity contribution in [3.05, 3.63) is 48.3 Å². The summed E-state index contributed by atoms with van der Waals surface area (Å²) in [6.45, 7) is 0.742. The molecular formula is C13H15N3O3. The van der Waals surface area contributed by atoms with Gasteiger partial charge in [0.1, 0.15) is 0 Å². The Hall–Kier alpha value is -2.18. The zero-order chi connectivity index (χ0) is 13.5. The summed E-state index contributed by atoms with van der Waals surface area (Å²) in [6.07, 6.45) is 3.53. The van der Waals surface area contributed by atoms with Gasteiger partial charge in [-0.3, -0.25) is 9.63 Å². The van der Waals surface area contributed by atoms with Crippen LogP contribution in [0, 0.1) is 0 Å². The fourth-order valence-corrected chi connectivity index (χ4v) is 1.49. The molecule has 0 atom stereocenters. The van der Waals surface area contributed by atoms with Crippen LogP contribution in [0.4, 0.5) is 0 Å². The Morgan fingerprint density at radius 1 is 1.32 bits per heavy atom. The highest BCUT2D eigenvalue weighted by Gasteiger charge is 2.05. The molecule has 0 aliphatic heterocycles. The molecule has 0 unspecified atom stereocenters. The molecule has 1 amide bonds. The fraction of sp³-hybridized carbons (Fsp3) is 0.231. The summed E-state index contributed by atoms with van der Waals surface area (Å²) in [5.74, 6) is -0.289. The number of aromatic nitrogens is 2. The number of ether oxygens (including phenoxy) is 1. The van der Waals surface area contributed by atoms with Gasteiger partial charge in [0.25, 0.3) is 5.91 Å². The first-order valence-electron chi connectivity index (χ1n) is 5.82. The van der Waals surface area contributed by atoms with Crippen molar-refractivity contribution in [1.82, 2.24) is 15.3 Å². The third-order valence-electron chi connectivity index (χ3n) is 2.45. The van der Waals surface area contributed by atoms with Crippen molar-refractivity contribution < 1.29 is 14.4 Å². The van der Waals surface area contributed by atoms with Crippen molar-refractivity contribution >= 4 is 5.91 Å². The summed E-state index contributed by atoms with van der Waals surface area (Å²) in [5, 5.41) is 4.11. The van der Waals surface area contributed by atoms with Crippen molar-refractivity contribution in [2.75, 3.05) is 20.3 Å². The van der Waals surface area contributed by atoms with E-state index in [0.29, 0.717) is 18.8 Å². The second-order valence-corrected chi connectivity index (χ2v) is 3.77. The van der Waals surface area contributed by atoms with Gasteiger partial charge < -0.3 is 4.74 Å². The predicted molar refractivity (Wildman–Crippen MR) is 68.9 cm³/mol. The topological polar surface area (TPSA) is 65.4 Å². The summed E-state index contributed by atoms with van der Waals surface area (Å²) in [7, 11) is 1.57. The highest BCUT2D eigenvalue weighted by Crippen LogP contribution is 2.08. The minimum Gasteiger partial charge on any atom is -0.382 e. The van der Waals surface area contributed by atoms with Gasteiger partial charge in [-0.2, -0.15) is 5.10 Å². The number of nitrogens with zero attached hydrogens (tertiary/aromatic N) is 2. The summed E-state index contributed by atoms with van der Waals surface area (Å²) in [4.78, 5) is 16.7. The maximum Gasteiger partial charge on any atom is 0.274 e. The largest absolute Gasteiger partial charge is 0.382 e. The second-order valence-electron chi connectivity index (χ2n) is 3.77. The molecule has 1 N–H and O–H groups in total. The number of nitrogens with one attached hydrogen (secondary N) is 1. The lowest BCUT2D eigenvalue weighted by molar-refractivity contribution is 0.00889. The van der Waals surface area contributed by atoms with Crippen molar-refractivity contribution in [3.8, 4) is 5.69 Å². The number of hydrogen-bond acceptors (Lipinski definition) is 4. The van der Waals surface area contributed by atoms with E-state index >= 15 is 0 Å². The van der Waals surface area contributed by atoms with Crippen LogP contribution in [0.25, 0.3) is 5.69 Å². The smallest absolute Gasteiger partial charge is 0.274 e. The summed E-state index contributed by atoms with van der Waals surface area (Å²) >= 11 is 0. The maximum absolute atomic E-state index is 11.7. The van der Waals surface area contributed by atoms with Crippen LogP contribution in [-0.4, -0.2) is 36.0 Å². The first-order valence-corrected chi connectivity index (χ1v) is 5.82. The Labute approximate surface area is 110 Å². The number of amides is 1. The molecule has 1 aromatic carbocycles. The van der Waals surface area contributed by atoms with E-state index < -0.39 is 0 Å². The third kappa shape index (κ3) is 3.64. The number of carbonyl (C=O) groups excluding carboxylic acids is 1. The van der Waals surface area contributed by atoms with Gasteiger partial charge in [-0.15, -0.1) is 0 Å². The summed E-state index contributed by atoms with van der Waals surface area (Å²) in [5.41, 5.74) is 3.76. The molecule has 0 bridgehead atoms. The molecule has 100 valence electrons. The normalized spacial score (nSPS) is 10.4. The van der Waals surface area contributed by atoms with E-state index in [2.05, 4.69) is 10.6 Å².